The zero-order chi connectivity index (χ0) is 17.0. The average Bonchev–Trinajstić information content (AvgIpc) is 2.50. The number of hydrogen-bond acceptors (Lipinski definition) is 3. The molecule has 0 heterocycles. The van der Waals surface area contributed by atoms with E-state index in [-0.39, 0.29) is 29.3 Å². The Morgan fingerprint density at radius 3 is 2.52 bits per heavy atom. The SMILES string of the molecule is CC1(C)[C@@H](O)CC[C@]2(C)[C@H]3CC[C@@](C)(C(=O)CO)C=C3CC[C@@H]12. The number of fused-ring (bicyclic) bond motifs is 3. The van der Waals surface area contributed by atoms with Crippen molar-refractivity contribution < 1.29 is 15.0 Å². The molecule has 3 aliphatic rings. The Kier molecular flexibility index (Phi) is 4.04. The van der Waals surface area contributed by atoms with Crippen LogP contribution in [-0.4, -0.2) is 28.7 Å². The molecule has 130 valence electrons. The average molecular weight is 320 g/mol. The van der Waals surface area contributed by atoms with Crippen LogP contribution in [0, 0.1) is 28.1 Å². The normalized spacial score (nSPS) is 45.7. The van der Waals surface area contributed by atoms with Gasteiger partial charge in [0.25, 0.3) is 0 Å². The lowest BCUT2D eigenvalue weighted by Gasteiger charge is -2.60. The maximum Gasteiger partial charge on any atom is 0.167 e. The lowest BCUT2D eigenvalue weighted by Crippen LogP contribution is -2.55. The van der Waals surface area contributed by atoms with E-state index in [0.29, 0.717) is 11.8 Å². The lowest BCUT2D eigenvalue weighted by atomic mass is 9.45. The van der Waals surface area contributed by atoms with E-state index in [9.17, 15) is 15.0 Å². The van der Waals surface area contributed by atoms with Crippen LogP contribution in [0.4, 0.5) is 0 Å². The van der Waals surface area contributed by atoms with Crippen LogP contribution in [0.2, 0.25) is 0 Å². The molecule has 0 aromatic carbocycles. The fourth-order valence-electron chi connectivity index (χ4n) is 6.12. The topological polar surface area (TPSA) is 57.5 Å². The second-order valence-corrected chi connectivity index (χ2v) is 9.28. The number of hydrogen-bond donors (Lipinski definition) is 2. The second kappa shape index (κ2) is 5.42. The molecule has 3 aliphatic carbocycles. The zero-order valence-corrected chi connectivity index (χ0v) is 15.1. The molecule has 0 aliphatic heterocycles. The van der Waals surface area contributed by atoms with Crippen molar-refractivity contribution >= 4 is 5.78 Å². The highest BCUT2D eigenvalue weighted by molar-refractivity contribution is 5.87. The van der Waals surface area contributed by atoms with Gasteiger partial charge in [-0.1, -0.05) is 32.4 Å². The van der Waals surface area contributed by atoms with Gasteiger partial charge in [-0.15, -0.1) is 0 Å². The van der Waals surface area contributed by atoms with Crippen molar-refractivity contribution in [2.24, 2.45) is 28.1 Å². The molecule has 0 aromatic heterocycles. The van der Waals surface area contributed by atoms with Crippen LogP contribution in [0.3, 0.4) is 0 Å². The summed E-state index contributed by atoms with van der Waals surface area (Å²) in [4.78, 5) is 12.1. The molecule has 0 bridgehead atoms. The van der Waals surface area contributed by atoms with Crippen molar-refractivity contribution in [3.63, 3.8) is 0 Å². The van der Waals surface area contributed by atoms with Crippen LogP contribution < -0.4 is 0 Å². The summed E-state index contributed by atoms with van der Waals surface area (Å²) < 4.78 is 0. The summed E-state index contributed by atoms with van der Waals surface area (Å²) in [7, 11) is 0. The molecule has 0 saturated heterocycles. The number of ketones is 1. The number of carbonyl (C=O) groups excluding carboxylic acids is 1. The summed E-state index contributed by atoms with van der Waals surface area (Å²) in [6.07, 6.45) is 7.97. The predicted molar refractivity (Wildman–Crippen MR) is 90.9 cm³/mol. The molecule has 5 atom stereocenters. The molecule has 0 unspecified atom stereocenters. The van der Waals surface area contributed by atoms with Crippen molar-refractivity contribution in [3.8, 4) is 0 Å². The van der Waals surface area contributed by atoms with Crippen molar-refractivity contribution in [1.29, 1.82) is 0 Å². The predicted octanol–water partition coefficient (Wildman–Crippen LogP) is 3.49. The summed E-state index contributed by atoms with van der Waals surface area (Å²) in [6.45, 7) is 8.51. The van der Waals surface area contributed by atoms with Crippen LogP contribution in [0.1, 0.15) is 66.2 Å². The van der Waals surface area contributed by atoms with Gasteiger partial charge in [0, 0.05) is 5.41 Å². The highest BCUT2D eigenvalue weighted by Gasteiger charge is 2.57. The number of aliphatic hydroxyl groups excluding tert-OH is 2. The van der Waals surface area contributed by atoms with E-state index in [4.69, 9.17) is 0 Å². The fourth-order valence-corrected chi connectivity index (χ4v) is 6.12. The fraction of sp³-hybridized carbons (Fsp3) is 0.850. The van der Waals surface area contributed by atoms with Crippen LogP contribution in [0.25, 0.3) is 0 Å². The summed E-state index contributed by atoms with van der Waals surface area (Å²) in [5, 5.41) is 19.8. The highest BCUT2D eigenvalue weighted by atomic mass is 16.3. The quantitative estimate of drug-likeness (QED) is 0.766. The number of rotatable bonds is 2. The van der Waals surface area contributed by atoms with E-state index < -0.39 is 5.41 Å². The molecular formula is C20H32O3. The van der Waals surface area contributed by atoms with Gasteiger partial charge in [0.2, 0.25) is 0 Å². The number of allylic oxidation sites excluding steroid dienone is 2. The molecule has 23 heavy (non-hydrogen) atoms. The largest absolute Gasteiger partial charge is 0.393 e. The molecule has 2 N–H and O–H groups in total. The first-order chi connectivity index (χ1) is 10.6. The van der Waals surface area contributed by atoms with E-state index in [1.54, 1.807) is 0 Å². The Morgan fingerprint density at radius 1 is 1.17 bits per heavy atom. The summed E-state index contributed by atoms with van der Waals surface area (Å²) in [5.41, 5.74) is 1.16. The maximum atomic E-state index is 12.1. The van der Waals surface area contributed by atoms with Crippen LogP contribution in [-0.2, 0) is 4.79 Å². The zero-order valence-electron chi connectivity index (χ0n) is 15.1. The first-order valence-corrected chi connectivity index (χ1v) is 9.19. The van der Waals surface area contributed by atoms with Gasteiger partial charge in [0.1, 0.15) is 6.61 Å². The third kappa shape index (κ3) is 2.42. The van der Waals surface area contributed by atoms with Crippen molar-refractivity contribution in [2.75, 3.05) is 6.61 Å². The van der Waals surface area contributed by atoms with Gasteiger partial charge < -0.3 is 10.2 Å². The third-order valence-corrected chi connectivity index (χ3v) is 7.71. The highest BCUT2D eigenvalue weighted by Crippen LogP contribution is 2.63. The van der Waals surface area contributed by atoms with Crippen LogP contribution in [0.5, 0.6) is 0 Å². The third-order valence-electron chi connectivity index (χ3n) is 7.71. The minimum absolute atomic E-state index is 0.0276. The van der Waals surface area contributed by atoms with E-state index >= 15 is 0 Å². The van der Waals surface area contributed by atoms with Gasteiger partial charge in [0.05, 0.1) is 6.10 Å². The number of aliphatic hydroxyl groups is 2. The Bertz CT molecular complexity index is 535. The molecule has 3 heteroatoms. The number of carbonyl (C=O) groups is 1. The van der Waals surface area contributed by atoms with Crippen molar-refractivity contribution in [3.05, 3.63) is 11.6 Å². The summed E-state index contributed by atoms with van der Waals surface area (Å²) in [5.74, 6) is 1.03. The van der Waals surface area contributed by atoms with E-state index in [0.717, 1.165) is 38.5 Å². The summed E-state index contributed by atoms with van der Waals surface area (Å²) in [6, 6.07) is 0. The minimum atomic E-state index is -0.479. The Morgan fingerprint density at radius 2 is 1.87 bits per heavy atom. The molecule has 0 radical (unpaired) electrons. The molecule has 0 amide bonds. The minimum Gasteiger partial charge on any atom is -0.393 e. The molecular weight excluding hydrogens is 288 g/mol. The van der Waals surface area contributed by atoms with Crippen molar-refractivity contribution in [2.45, 2.75) is 72.3 Å². The smallest absolute Gasteiger partial charge is 0.167 e. The van der Waals surface area contributed by atoms with Crippen LogP contribution in [0.15, 0.2) is 11.6 Å². The van der Waals surface area contributed by atoms with E-state index in [1.165, 1.54) is 5.57 Å². The molecule has 0 spiro atoms. The molecule has 3 nitrogen and oxygen atoms in total. The maximum absolute atomic E-state index is 12.1. The molecule has 2 saturated carbocycles. The van der Waals surface area contributed by atoms with Crippen molar-refractivity contribution in [1.82, 2.24) is 0 Å². The molecule has 0 aromatic rings. The molecule has 3 rings (SSSR count). The van der Waals surface area contributed by atoms with Crippen LogP contribution >= 0.6 is 0 Å². The van der Waals surface area contributed by atoms with Gasteiger partial charge in [-0.2, -0.15) is 0 Å². The Labute approximate surface area is 140 Å². The standard InChI is InChI=1S/C20H32O3/c1-18(2)15-6-5-13-11-19(3,17(23)12-21)9-7-14(13)20(15,4)10-8-16(18)22/h11,14-16,21-22H,5-10,12H2,1-4H3/t14-,15-,16-,19+,20+/m0/s1. The van der Waals surface area contributed by atoms with Gasteiger partial charge >= 0.3 is 0 Å². The lowest BCUT2D eigenvalue weighted by molar-refractivity contribution is -0.135. The van der Waals surface area contributed by atoms with Gasteiger partial charge in [-0.05, 0) is 68.1 Å². The number of Topliss-reactive ketones (excluding diaryl/α,β-unsaturated/α-hetero) is 1. The monoisotopic (exact) mass is 320 g/mol. The Hall–Kier alpha value is -0.670. The first-order valence-electron chi connectivity index (χ1n) is 9.19. The summed E-state index contributed by atoms with van der Waals surface area (Å²) >= 11 is 0. The molecule has 2 fully saturated rings. The van der Waals surface area contributed by atoms with Gasteiger partial charge in [0.15, 0.2) is 5.78 Å². The Balaban J connectivity index is 1.95. The van der Waals surface area contributed by atoms with Gasteiger partial charge in [-0.25, -0.2) is 0 Å². The second-order valence-electron chi connectivity index (χ2n) is 9.28. The first kappa shape index (κ1) is 17.2. The van der Waals surface area contributed by atoms with Gasteiger partial charge in [-0.3, -0.25) is 4.79 Å². The van der Waals surface area contributed by atoms with E-state index in [1.807, 2.05) is 6.92 Å². The van der Waals surface area contributed by atoms with E-state index in [2.05, 4.69) is 26.8 Å².